The van der Waals surface area contributed by atoms with Gasteiger partial charge >= 0.3 is 5.97 Å². The van der Waals surface area contributed by atoms with Gasteiger partial charge in [0.05, 0.1) is 17.5 Å². The summed E-state index contributed by atoms with van der Waals surface area (Å²) in [6.07, 6.45) is 0.216. The average Bonchev–Trinajstić information content (AvgIpc) is 2.31. The third kappa shape index (κ3) is 4.16. The van der Waals surface area contributed by atoms with Gasteiger partial charge in [-0.3, -0.25) is 4.79 Å². The monoisotopic (exact) mass is 316 g/mol. The summed E-state index contributed by atoms with van der Waals surface area (Å²) in [6.45, 7) is 2.05. The van der Waals surface area contributed by atoms with Crippen molar-refractivity contribution in [3.8, 4) is 0 Å². The molecule has 3 nitrogen and oxygen atoms in total. The summed E-state index contributed by atoms with van der Waals surface area (Å²) in [6, 6.07) is 5.11. The number of benzene rings is 1. The number of ether oxygens (including phenoxy) is 1. The van der Waals surface area contributed by atoms with Gasteiger partial charge < -0.3 is 4.74 Å². The largest absolute Gasteiger partial charge is 0.462 e. The molecule has 0 fully saturated rings. The third-order valence-corrected chi connectivity index (χ3v) is 3.03. The van der Waals surface area contributed by atoms with E-state index in [-0.39, 0.29) is 17.5 Å². The molecule has 1 aromatic rings. The van der Waals surface area contributed by atoms with Crippen molar-refractivity contribution in [2.45, 2.75) is 18.2 Å². The van der Waals surface area contributed by atoms with Crippen molar-refractivity contribution in [1.82, 2.24) is 0 Å². The van der Waals surface area contributed by atoms with E-state index in [1.165, 1.54) is 0 Å². The van der Waals surface area contributed by atoms with Gasteiger partial charge in [-0.1, -0.05) is 22.0 Å². The zero-order chi connectivity index (χ0) is 12.8. The van der Waals surface area contributed by atoms with Crippen LogP contribution in [0.5, 0.6) is 0 Å². The molecule has 0 spiro atoms. The summed E-state index contributed by atoms with van der Waals surface area (Å²) in [5.74, 6) is -0.400. The van der Waals surface area contributed by atoms with Crippen molar-refractivity contribution in [2.24, 2.45) is 0 Å². The molecule has 0 atom stereocenters. The first-order chi connectivity index (χ1) is 8.08. The molecule has 92 valence electrons. The number of Topliss-reactive ketones (excluding diaryl/α,β-unsaturated/α-hetero) is 1. The normalized spacial score (nSPS) is 10.1. The predicted molar refractivity (Wildman–Crippen MR) is 72.2 cm³/mol. The highest BCUT2D eigenvalue weighted by Crippen LogP contribution is 2.17. The minimum atomic E-state index is -0.416. The van der Waals surface area contributed by atoms with Crippen molar-refractivity contribution in [2.75, 3.05) is 11.9 Å². The third-order valence-electron chi connectivity index (χ3n) is 2.13. The molecule has 0 saturated carbocycles. The molecule has 0 amide bonds. The van der Waals surface area contributed by atoms with Crippen LogP contribution >= 0.6 is 28.6 Å². The number of alkyl halides is 1. The van der Waals surface area contributed by atoms with Gasteiger partial charge in [0.25, 0.3) is 0 Å². The Hall–Kier alpha value is -0.810. The number of carbonyl (C=O) groups is 2. The Labute approximate surface area is 114 Å². The molecule has 1 rings (SSSR count). The Morgan fingerprint density at radius 1 is 1.41 bits per heavy atom. The van der Waals surface area contributed by atoms with Crippen LogP contribution in [0.15, 0.2) is 23.1 Å². The lowest BCUT2D eigenvalue weighted by atomic mass is 10.0. The number of hydrogen-bond acceptors (Lipinski definition) is 4. The van der Waals surface area contributed by atoms with E-state index in [1.54, 1.807) is 25.1 Å². The van der Waals surface area contributed by atoms with E-state index in [1.807, 2.05) is 0 Å². The van der Waals surface area contributed by atoms with Crippen molar-refractivity contribution < 1.29 is 14.3 Å². The van der Waals surface area contributed by atoms with E-state index in [4.69, 9.17) is 4.74 Å². The lowest BCUT2D eigenvalue weighted by molar-refractivity contribution is -0.115. The van der Waals surface area contributed by atoms with Crippen LogP contribution in [0.2, 0.25) is 0 Å². The maximum absolute atomic E-state index is 11.7. The fraction of sp³-hybridized carbons (Fsp3) is 0.333. The Morgan fingerprint density at radius 3 is 2.71 bits per heavy atom. The van der Waals surface area contributed by atoms with Crippen molar-refractivity contribution in [3.63, 3.8) is 0 Å². The summed E-state index contributed by atoms with van der Waals surface area (Å²) < 4.78 is 4.94. The first kappa shape index (κ1) is 14.3. The minimum Gasteiger partial charge on any atom is -0.462 e. The van der Waals surface area contributed by atoms with Crippen LogP contribution in [0, 0.1) is 0 Å². The van der Waals surface area contributed by atoms with Crippen molar-refractivity contribution >= 4 is 40.3 Å². The Balaban J connectivity index is 3.03. The minimum absolute atomic E-state index is 0.0162. The smallest absolute Gasteiger partial charge is 0.338 e. The van der Waals surface area contributed by atoms with Crippen LogP contribution < -0.4 is 0 Å². The van der Waals surface area contributed by atoms with Crippen LogP contribution in [0.4, 0.5) is 0 Å². The number of esters is 1. The van der Waals surface area contributed by atoms with Gasteiger partial charge in [0.1, 0.15) is 5.78 Å². The summed E-state index contributed by atoms with van der Waals surface area (Å²) in [5, 5.41) is 0.276. The Morgan fingerprint density at radius 2 is 2.12 bits per heavy atom. The molecule has 5 heteroatoms. The number of hydrogen-bond donors (Lipinski definition) is 1. The topological polar surface area (TPSA) is 43.4 Å². The highest BCUT2D eigenvalue weighted by atomic mass is 79.9. The predicted octanol–water partition coefficient (Wildman–Crippen LogP) is 2.66. The molecule has 0 N–H and O–H groups in total. The molecule has 0 unspecified atom stereocenters. The highest BCUT2D eigenvalue weighted by molar-refractivity contribution is 9.09. The van der Waals surface area contributed by atoms with Crippen LogP contribution in [0.3, 0.4) is 0 Å². The van der Waals surface area contributed by atoms with Crippen molar-refractivity contribution in [3.05, 3.63) is 29.3 Å². The zero-order valence-corrected chi connectivity index (χ0v) is 11.9. The Kier molecular flexibility index (Phi) is 5.71. The SMILES string of the molecule is CCOC(=O)c1cc(S)ccc1CC(=O)CBr. The molecule has 0 aliphatic carbocycles. The summed E-state index contributed by atoms with van der Waals surface area (Å²) in [5.41, 5.74) is 1.08. The van der Waals surface area contributed by atoms with E-state index in [0.29, 0.717) is 22.6 Å². The second kappa shape index (κ2) is 6.81. The van der Waals surface area contributed by atoms with E-state index < -0.39 is 5.97 Å². The lowest BCUT2D eigenvalue weighted by Crippen LogP contribution is -2.12. The maximum atomic E-state index is 11.7. The second-order valence-electron chi connectivity index (χ2n) is 3.41. The summed E-state index contributed by atoms with van der Waals surface area (Å²) in [7, 11) is 0. The molecule has 0 aliphatic heterocycles. The van der Waals surface area contributed by atoms with Crippen LogP contribution in [-0.4, -0.2) is 23.7 Å². The fourth-order valence-electron chi connectivity index (χ4n) is 1.38. The molecule has 0 aliphatic rings. The van der Waals surface area contributed by atoms with Gasteiger partial charge in [-0.25, -0.2) is 4.79 Å². The molecule has 0 saturated heterocycles. The van der Waals surface area contributed by atoms with Crippen LogP contribution in [0.25, 0.3) is 0 Å². The summed E-state index contributed by atoms with van der Waals surface area (Å²) >= 11 is 7.27. The van der Waals surface area contributed by atoms with Crippen LogP contribution in [-0.2, 0) is 16.0 Å². The maximum Gasteiger partial charge on any atom is 0.338 e. The van der Waals surface area contributed by atoms with Crippen LogP contribution in [0.1, 0.15) is 22.8 Å². The quantitative estimate of drug-likeness (QED) is 0.516. The standard InChI is InChI=1S/C12H13BrO3S/c1-2-16-12(15)11-6-10(17)4-3-8(11)5-9(14)7-13/h3-4,6,17H,2,5,7H2,1H3. The van der Waals surface area contributed by atoms with Crippen molar-refractivity contribution in [1.29, 1.82) is 0 Å². The van der Waals surface area contributed by atoms with Gasteiger partial charge in [-0.2, -0.15) is 0 Å². The molecule has 0 aromatic heterocycles. The molecular weight excluding hydrogens is 304 g/mol. The number of halogens is 1. The zero-order valence-electron chi connectivity index (χ0n) is 9.40. The molecule has 0 heterocycles. The van der Waals surface area contributed by atoms with E-state index in [0.717, 1.165) is 0 Å². The number of carbonyl (C=O) groups excluding carboxylic acids is 2. The molecule has 0 radical (unpaired) electrons. The van der Waals surface area contributed by atoms with Gasteiger partial charge in [-0.15, -0.1) is 12.6 Å². The number of ketones is 1. The molecule has 17 heavy (non-hydrogen) atoms. The summed E-state index contributed by atoms with van der Waals surface area (Å²) in [4.78, 5) is 23.8. The highest BCUT2D eigenvalue weighted by Gasteiger charge is 2.14. The number of thiol groups is 1. The van der Waals surface area contributed by atoms with Gasteiger partial charge in [0, 0.05) is 11.3 Å². The van der Waals surface area contributed by atoms with Gasteiger partial charge in [0.2, 0.25) is 0 Å². The molecular formula is C12H13BrO3S. The second-order valence-corrected chi connectivity index (χ2v) is 4.49. The van der Waals surface area contributed by atoms with E-state index in [9.17, 15) is 9.59 Å². The lowest BCUT2D eigenvalue weighted by Gasteiger charge is -2.08. The first-order valence-corrected chi connectivity index (χ1v) is 6.72. The number of rotatable bonds is 5. The first-order valence-electron chi connectivity index (χ1n) is 5.15. The molecule has 0 bridgehead atoms. The molecule has 1 aromatic carbocycles. The van der Waals surface area contributed by atoms with E-state index in [2.05, 4.69) is 28.6 Å². The Bertz CT molecular complexity index is 432. The van der Waals surface area contributed by atoms with Gasteiger partial charge in [0.15, 0.2) is 0 Å². The fourth-order valence-corrected chi connectivity index (χ4v) is 1.78. The average molecular weight is 317 g/mol. The van der Waals surface area contributed by atoms with E-state index >= 15 is 0 Å². The van der Waals surface area contributed by atoms with Gasteiger partial charge in [-0.05, 0) is 24.6 Å².